The Bertz CT molecular complexity index is 690. The molecule has 176 valence electrons. The maximum absolute atomic E-state index is 10.5. The summed E-state index contributed by atoms with van der Waals surface area (Å²) in [4.78, 5) is 0. The second-order valence-electron chi connectivity index (χ2n) is 11.3. The Morgan fingerprint density at radius 3 is 2.58 bits per heavy atom. The molecule has 0 aliphatic heterocycles. The van der Waals surface area contributed by atoms with Crippen molar-refractivity contribution in [2.75, 3.05) is 7.11 Å². The molecule has 3 fully saturated rings. The van der Waals surface area contributed by atoms with Gasteiger partial charge in [0.2, 0.25) is 0 Å². The van der Waals surface area contributed by atoms with Crippen LogP contribution in [0.3, 0.4) is 0 Å². The molecule has 2 N–H and O–H groups in total. The van der Waals surface area contributed by atoms with Crippen molar-refractivity contribution in [1.29, 1.82) is 0 Å². The maximum atomic E-state index is 10.5. The Morgan fingerprint density at radius 2 is 1.90 bits per heavy atom. The lowest BCUT2D eigenvalue weighted by Gasteiger charge is -2.44. The summed E-state index contributed by atoms with van der Waals surface area (Å²) < 4.78 is 5.27. The van der Waals surface area contributed by atoms with Crippen LogP contribution >= 0.6 is 0 Å². The average molecular weight is 431 g/mol. The van der Waals surface area contributed by atoms with Gasteiger partial charge in [-0.15, -0.1) is 0 Å². The van der Waals surface area contributed by atoms with E-state index in [-0.39, 0.29) is 0 Å². The lowest BCUT2D eigenvalue weighted by atomic mass is 9.60. The van der Waals surface area contributed by atoms with Crippen LogP contribution in [-0.2, 0) is 4.74 Å². The van der Waals surface area contributed by atoms with E-state index in [1.54, 1.807) is 5.57 Å². The summed E-state index contributed by atoms with van der Waals surface area (Å²) in [5.41, 5.74) is 3.65. The summed E-state index contributed by atoms with van der Waals surface area (Å²) >= 11 is 0. The molecule has 0 aromatic carbocycles. The van der Waals surface area contributed by atoms with E-state index in [1.807, 2.05) is 0 Å². The molecule has 0 aromatic rings. The minimum Gasteiger partial charge on any atom is -0.390 e. The van der Waals surface area contributed by atoms with Gasteiger partial charge in [0.15, 0.2) is 0 Å². The fourth-order valence-electron chi connectivity index (χ4n) is 7.00. The molecule has 7 atom stereocenters. The quantitative estimate of drug-likeness (QED) is 0.504. The van der Waals surface area contributed by atoms with Crippen molar-refractivity contribution < 1.29 is 14.9 Å². The molecule has 0 spiro atoms. The van der Waals surface area contributed by atoms with Gasteiger partial charge in [-0.2, -0.15) is 0 Å². The minimum atomic E-state index is -0.836. The first-order valence-corrected chi connectivity index (χ1v) is 12.7. The minimum absolute atomic E-state index is 0.420. The van der Waals surface area contributed by atoms with Gasteiger partial charge in [0.1, 0.15) is 12.2 Å². The molecule has 0 saturated heterocycles. The van der Waals surface area contributed by atoms with E-state index in [0.717, 1.165) is 23.3 Å². The van der Waals surface area contributed by atoms with Crippen LogP contribution in [0.2, 0.25) is 0 Å². The molecule has 0 amide bonds. The average Bonchev–Trinajstić information content (AvgIpc) is 3.07. The van der Waals surface area contributed by atoms with Gasteiger partial charge in [0.05, 0.1) is 6.10 Å². The zero-order valence-corrected chi connectivity index (χ0v) is 20.6. The molecule has 3 saturated carbocycles. The van der Waals surface area contributed by atoms with E-state index in [2.05, 4.69) is 46.4 Å². The van der Waals surface area contributed by atoms with Crippen LogP contribution < -0.4 is 0 Å². The zero-order chi connectivity index (χ0) is 22.8. The predicted molar refractivity (Wildman–Crippen MR) is 129 cm³/mol. The first-order chi connectivity index (χ1) is 14.7. The Balaban J connectivity index is 1.72. The van der Waals surface area contributed by atoms with Crippen LogP contribution in [0.4, 0.5) is 0 Å². The van der Waals surface area contributed by atoms with E-state index >= 15 is 0 Å². The molecular weight excluding hydrogens is 384 g/mol. The van der Waals surface area contributed by atoms with Crippen molar-refractivity contribution in [3.8, 4) is 0 Å². The number of methoxy groups -OCH3 is 1. The summed E-state index contributed by atoms with van der Waals surface area (Å²) in [5, 5.41) is 20.8. The highest BCUT2D eigenvalue weighted by Crippen LogP contribution is 2.60. The van der Waals surface area contributed by atoms with Crippen molar-refractivity contribution in [3.05, 3.63) is 35.5 Å². The van der Waals surface area contributed by atoms with Crippen molar-refractivity contribution in [1.82, 2.24) is 0 Å². The Hall–Kier alpha value is -0.900. The molecular formula is C28H46O3. The highest BCUT2D eigenvalue weighted by molar-refractivity contribution is 5.40. The zero-order valence-electron chi connectivity index (χ0n) is 20.6. The van der Waals surface area contributed by atoms with E-state index in [4.69, 9.17) is 4.74 Å². The summed E-state index contributed by atoms with van der Waals surface area (Å²) in [6.07, 6.45) is 13.4. The topological polar surface area (TPSA) is 49.7 Å². The third-order valence-electron chi connectivity index (χ3n) is 8.83. The van der Waals surface area contributed by atoms with Crippen LogP contribution in [0.5, 0.6) is 0 Å². The van der Waals surface area contributed by atoms with Gasteiger partial charge < -0.3 is 14.9 Å². The van der Waals surface area contributed by atoms with Crippen LogP contribution in [0.15, 0.2) is 35.5 Å². The standard InChI is InChI=1S/C28H46O3/c1-18(2)9-7-10-19(3)23-14-15-24-21(11-8-16-28(23,24)5)12-13-22-17-25(29)27(31-6)26(30)20(22)4/h12-13,18-19,23-27,29-30H,4,7-11,14-17H2,1-3,5-6H3/b21-12?,22-13-/t19-,23-,24?,25-,26+,27+,28-/m1/s1. The first-order valence-electron chi connectivity index (χ1n) is 12.7. The number of hydrogen-bond acceptors (Lipinski definition) is 3. The third kappa shape index (κ3) is 5.20. The summed E-state index contributed by atoms with van der Waals surface area (Å²) in [6.45, 7) is 13.8. The fraction of sp³-hybridized carbons (Fsp3) is 0.786. The fourth-order valence-corrected chi connectivity index (χ4v) is 7.00. The molecule has 3 aliphatic rings. The van der Waals surface area contributed by atoms with Crippen LogP contribution in [0.1, 0.15) is 85.5 Å². The Labute approximate surface area is 190 Å². The van der Waals surface area contributed by atoms with E-state index in [0.29, 0.717) is 23.3 Å². The van der Waals surface area contributed by atoms with E-state index in [9.17, 15) is 10.2 Å². The lowest BCUT2D eigenvalue weighted by molar-refractivity contribution is -0.0759. The molecule has 3 heteroatoms. The Morgan fingerprint density at radius 1 is 1.16 bits per heavy atom. The largest absolute Gasteiger partial charge is 0.390 e. The Kier molecular flexibility index (Phi) is 8.27. The van der Waals surface area contributed by atoms with Crippen LogP contribution in [-0.4, -0.2) is 35.6 Å². The smallest absolute Gasteiger partial charge is 0.113 e. The van der Waals surface area contributed by atoms with Gasteiger partial charge in [-0.25, -0.2) is 0 Å². The molecule has 31 heavy (non-hydrogen) atoms. The van der Waals surface area contributed by atoms with Gasteiger partial charge in [0, 0.05) is 13.5 Å². The van der Waals surface area contributed by atoms with Crippen LogP contribution in [0, 0.1) is 29.1 Å². The van der Waals surface area contributed by atoms with Crippen LogP contribution in [0.25, 0.3) is 0 Å². The highest BCUT2D eigenvalue weighted by atomic mass is 16.5. The number of aliphatic hydroxyl groups excluding tert-OH is 2. The van der Waals surface area contributed by atoms with Crippen molar-refractivity contribution in [3.63, 3.8) is 0 Å². The normalized spacial score (nSPS) is 40.0. The maximum Gasteiger partial charge on any atom is 0.113 e. The SMILES string of the molecule is C=C1/C(=C\C=C2CCC[C@@]3(C)C2CC[C@@H]3[C@H](C)CCCC(C)C)C[C@@H](O)[C@H](OC)[C@H]1O. The number of ether oxygens (including phenoxy) is 1. The number of rotatable bonds is 7. The molecule has 0 bridgehead atoms. The molecule has 3 aliphatic carbocycles. The van der Waals surface area contributed by atoms with Gasteiger partial charge in [0.25, 0.3) is 0 Å². The molecule has 3 rings (SSSR count). The molecule has 3 nitrogen and oxygen atoms in total. The monoisotopic (exact) mass is 430 g/mol. The van der Waals surface area contributed by atoms with E-state index < -0.39 is 18.3 Å². The highest BCUT2D eigenvalue weighted by Gasteiger charge is 2.50. The van der Waals surface area contributed by atoms with Crippen molar-refractivity contribution in [2.24, 2.45) is 29.1 Å². The van der Waals surface area contributed by atoms with Gasteiger partial charge in [-0.05, 0) is 72.3 Å². The van der Waals surface area contributed by atoms with Gasteiger partial charge >= 0.3 is 0 Å². The third-order valence-corrected chi connectivity index (χ3v) is 8.83. The number of allylic oxidation sites excluding steroid dienone is 3. The van der Waals surface area contributed by atoms with Gasteiger partial charge in [-0.1, -0.05) is 71.3 Å². The predicted octanol–water partition coefficient (Wildman–Crippen LogP) is 6.21. The molecule has 0 aromatic heterocycles. The van der Waals surface area contributed by atoms with Crippen molar-refractivity contribution >= 4 is 0 Å². The summed E-state index contributed by atoms with van der Waals surface area (Å²) in [7, 11) is 1.53. The molecule has 1 unspecified atom stereocenters. The van der Waals surface area contributed by atoms with E-state index in [1.165, 1.54) is 58.5 Å². The molecule has 0 heterocycles. The van der Waals surface area contributed by atoms with Gasteiger partial charge in [-0.3, -0.25) is 0 Å². The summed E-state index contributed by atoms with van der Waals surface area (Å²) in [5.74, 6) is 3.12. The van der Waals surface area contributed by atoms with Crippen molar-refractivity contribution in [2.45, 2.75) is 104 Å². The summed E-state index contributed by atoms with van der Waals surface area (Å²) in [6, 6.07) is 0. The number of fused-ring (bicyclic) bond motifs is 1. The first kappa shape index (κ1) is 24.7. The second-order valence-corrected chi connectivity index (χ2v) is 11.3. The molecule has 0 radical (unpaired) electrons. The number of aliphatic hydroxyl groups is 2. The lowest BCUT2D eigenvalue weighted by Crippen LogP contribution is -2.44. The second kappa shape index (κ2) is 10.4. The number of hydrogen-bond donors (Lipinski definition) is 2.